The average Bonchev–Trinajstić information content (AvgIpc) is 2.29. The van der Waals surface area contributed by atoms with Gasteiger partial charge in [0.05, 0.1) is 11.3 Å². The number of amides is 2. The summed E-state index contributed by atoms with van der Waals surface area (Å²) in [4.78, 5) is 35.0. The van der Waals surface area contributed by atoms with Gasteiger partial charge in [0, 0.05) is 0 Å². The number of ether oxygens (including phenoxy) is 1. The summed E-state index contributed by atoms with van der Waals surface area (Å²) >= 11 is 0. The maximum atomic E-state index is 11.6. The van der Waals surface area contributed by atoms with E-state index in [2.05, 4.69) is 0 Å². The SMILES string of the molecule is O=C(O)c1ccccc1N1C(=O)COCC1=O. The lowest BCUT2D eigenvalue weighted by Gasteiger charge is -2.25. The summed E-state index contributed by atoms with van der Waals surface area (Å²) in [5.74, 6) is -2.31. The van der Waals surface area contributed by atoms with Crippen molar-refractivity contribution in [1.82, 2.24) is 0 Å². The van der Waals surface area contributed by atoms with Gasteiger partial charge in [0.25, 0.3) is 11.8 Å². The molecule has 0 spiro atoms. The number of hydrogen-bond donors (Lipinski definition) is 1. The molecule has 1 heterocycles. The lowest BCUT2D eigenvalue weighted by Crippen LogP contribution is -2.46. The van der Waals surface area contributed by atoms with E-state index in [0.717, 1.165) is 4.90 Å². The summed E-state index contributed by atoms with van der Waals surface area (Å²) < 4.78 is 4.76. The first-order chi connectivity index (χ1) is 8.11. The van der Waals surface area contributed by atoms with Crippen LogP contribution in [0.25, 0.3) is 0 Å². The fourth-order valence-corrected chi connectivity index (χ4v) is 1.61. The quantitative estimate of drug-likeness (QED) is 0.744. The smallest absolute Gasteiger partial charge is 0.337 e. The number of nitrogens with zero attached hydrogens (tertiary/aromatic N) is 1. The molecule has 0 aromatic heterocycles. The highest BCUT2D eigenvalue weighted by molar-refractivity contribution is 6.19. The molecule has 2 amide bonds. The molecule has 0 aliphatic carbocycles. The number of imide groups is 1. The lowest BCUT2D eigenvalue weighted by molar-refractivity contribution is -0.138. The highest BCUT2D eigenvalue weighted by Crippen LogP contribution is 2.22. The second kappa shape index (κ2) is 4.34. The van der Waals surface area contributed by atoms with E-state index in [4.69, 9.17) is 9.84 Å². The first-order valence-electron chi connectivity index (χ1n) is 4.87. The number of para-hydroxylation sites is 1. The fraction of sp³-hybridized carbons (Fsp3) is 0.182. The van der Waals surface area contributed by atoms with Crippen molar-refractivity contribution in [3.05, 3.63) is 29.8 Å². The molecule has 0 radical (unpaired) electrons. The molecule has 6 heteroatoms. The summed E-state index contributed by atoms with van der Waals surface area (Å²) in [6.45, 7) is -0.445. The lowest BCUT2D eigenvalue weighted by atomic mass is 10.1. The third-order valence-corrected chi connectivity index (χ3v) is 2.33. The Bertz CT molecular complexity index is 480. The van der Waals surface area contributed by atoms with Gasteiger partial charge in [-0.3, -0.25) is 9.59 Å². The van der Waals surface area contributed by atoms with Crippen molar-refractivity contribution in [2.24, 2.45) is 0 Å². The van der Waals surface area contributed by atoms with Crippen molar-refractivity contribution >= 4 is 23.5 Å². The van der Waals surface area contributed by atoms with Gasteiger partial charge in [-0.05, 0) is 12.1 Å². The van der Waals surface area contributed by atoms with Crippen molar-refractivity contribution in [3.63, 3.8) is 0 Å². The summed E-state index contributed by atoms with van der Waals surface area (Å²) in [6, 6.07) is 5.86. The summed E-state index contributed by atoms with van der Waals surface area (Å²) in [5, 5.41) is 8.99. The molecule has 88 valence electrons. The Morgan fingerprint density at radius 2 is 1.76 bits per heavy atom. The monoisotopic (exact) mass is 235 g/mol. The molecule has 1 N–H and O–H groups in total. The molecule has 1 saturated heterocycles. The normalized spacial score (nSPS) is 16.1. The Morgan fingerprint density at radius 1 is 1.18 bits per heavy atom. The van der Waals surface area contributed by atoms with Crippen molar-refractivity contribution in [2.45, 2.75) is 0 Å². The molecule has 1 aromatic carbocycles. The number of morpholine rings is 1. The van der Waals surface area contributed by atoms with Crippen LogP contribution in [0.2, 0.25) is 0 Å². The zero-order chi connectivity index (χ0) is 12.4. The van der Waals surface area contributed by atoms with Crippen LogP contribution in [0.3, 0.4) is 0 Å². The molecule has 0 unspecified atom stereocenters. The summed E-state index contributed by atoms with van der Waals surface area (Å²) in [5.41, 5.74) is -0.00519. The molecule has 1 aromatic rings. The first kappa shape index (κ1) is 11.3. The Kier molecular flexibility index (Phi) is 2.88. The van der Waals surface area contributed by atoms with E-state index in [1.807, 2.05) is 0 Å². The number of anilines is 1. The molecule has 17 heavy (non-hydrogen) atoms. The summed E-state index contributed by atoms with van der Waals surface area (Å²) in [6.07, 6.45) is 0. The number of carboxylic acid groups (broad SMARTS) is 1. The number of carbonyl (C=O) groups is 3. The van der Waals surface area contributed by atoms with Gasteiger partial charge in [0.15, 0.2) is 0 Å². The van der Waals surface area contributed by atoms with Crippen LogP contribution in [0, 0.1) is 0 Å². The van der Waals surface area contributed by atoms with Gasteiger partial charge in [-0.1, -0.05) is 12.1 Å². The van der Waals surface area contributed by atoms with E-state index in [0.29, 0.717) is 0 Å². The Labute approximate surface area is 96.4 Å². The van der Waals surface area contributed by atoms with Crippen molar-refractivity contribution in [1.29, 1.82) is 0 Å². The standard InChI is InChI=1S/C11H9NO5/c13-9-5-17-6-10(14)12(9)8-4-2-1-3-7(8)11(15)16/h1-4H,5-6H2,(H,15,16). The molecule has 2 rings (SSSR count). The largest absolute Gasteiger partial charge is 0.478 e. The number of aromatic carboxylic acids is 1. The maximum Gasteiger partial charge on any atom is 0.337 e. The average molecular weight is 235 g/mol. The van der Waals surface area contributed by atoms with Gasteiger partial charge in [-0.15, -0.1) is 0 Å². The predicted octanol–water partition coefficient (Wildman–Crippen LogP) is 0.275. The molecular formula is C11H9NO5. The fourth-order valence-electron chi connectivity index (χ4n) is 1.61. The van der Waals surface area contributed by atoms with Crippen LogP contribution in [0.1, 0.15) is 10.4 Å². The van der Waals surface area contributed by atoms with Gasteiger partial charge in [0.1, 0.15) is 13.2 Å². The van der Waals surface area contributed by atoms with E-state index >= 15 is 0 Å². The molecule has 1 aliphatic rings. The number of benzene rings is 1. The second-order valence-electron chi connectivity index (χ2n) is 3.44. The molecule has 1 fully saturated rings. The third-order valence-electron chi connectivity index (χ3n) is 2.33. The number of rotatable bonds is 2. The van der Waals surface area contributed by atoms with Gasteiger partial charge in [-0.25, -0.2) is 9.69 Å². The van der Waals surface area contributed by atoms with Crippen LogP contribution in [0.4, 0.5) is 5.69 Å². The van der Waals surface area contributed by atoms with E-state index in [1.54, 1.807) is 6.07 Å². The minimum atomic E-state index is -1.19. The molecule has 6 nitrogen and oxygen atoms in total. The van der Waals surface area contributed by atoms with Crippen LogP contribution >= 0.6 is 0 Å². The van der Waals surface area contributed by atoms with Crippen LogP contribution in [0.5, 0.6) is 0 Å². The first-order valence-corrected chi connectivity index (χ1v) is 4.87. The topological polar surface area (TPSA) is 83.9 Å². The zero-order valence-electron chi connectivity index (χ0n) is 8.75. The summed E-state index contributed by atoms with van der Waals surface area (Å²) in [7, 11) is 0. The highest BCUT2D eigenvalue weighted by Gasteiger charge is 2.30. The van der Waals surface area contributed by atoms with Crippen LogP contribution < -0.4 is 4.90 Å². The molecular weight excluding hydrogens is 226 g/mol. The molecule has 1 aliphatic heterocycles. The zero-order valence-corrected chi connectivity index (χ0v) is 8.75. The molecule has 0 atom stereocenters. The molecule has 0 saturated carbocycles. The number of carbonyl (C=O) groups excluding carboxylic acids is 2. The van der Waals surface area contributed by atoms with E-state index in [9.17, 15) is 14.4 Å². The Hall–Kier alpha value is -2.21. The van der Waals surface area contributed by atoms with E-state index in [1.165, 1.54) is 18.2 Å². The van der Waals surface area contributed by atoms with Crippen LogP contribution in [-0.2, 0) is 14.3 Å². The number of carboxylic acids is 1. The minimum absolute atomic E-state index is 0.0818. The van der Waals surface area contributed by atoms with Crippen LogP contribution in [-0.4, -0.2) is 36.1 Å². The highest BCUT2D eigenvalue weighted by atomic mass is 16.5. The van der Waals surface area contributed by atoms with Gasteiger partial charge >= 0.3 is 5.97 Å². The Morgan fingerprint density at radius 3 is 2.35 bits per heavy atom. The Balaban J connectivity index is 2.48. The van der Waals surface area contributed by atoms with Gasteiger partial charge in [0.2, 0.25) is 0 Å². The predicted molar refractivity (Wildman–Crippen MR) is 56.7 cm³/mol. The molecule has 0 bridgehead atoms. The minimum Gasteiger partial charge on any atom is -0.478 e. The van der Waals surface area contributed by atoms with E-state index in [-0.39, 0.29) is 24.5 Å². The van der Waals surface area contributed by atoms with Crippen LogP contribution in [0.15, 0.2) is 24.3 Å². The van der Waals surface area contributed by atoms with E-state index < -0.39 is 17.8 Å². The van der Waals surface area contributed by atoms with Crippen molar-refractivity contribution < 1.29 is 24.2 Å². The van der Waals surface area contributed by atoms with Gasteiger partial charge in [-0.2, -0.15) is 0 Å². The third kappa shape index (κ3) is 2.02. The van der Waals surface area contributed by atoms with Gasteiger partial charge < -0.3 is 9.84 Å². The van der Waals surface area contributed by atoms with Crippen molar-refractivity contribution in [3.8, 4) is 0 Å². The second-order valence-corrected chi connectivity index (χ2v) is 3.44. The van der Waals surface area contributed by atoms with Crippen molar-refractivity contribution in [2.75, 3.05) is 18.1 Å². The number of hydrogen-bond acceptors (Lipinski definition) is 4. The maximum absolute atomic E-state index is 11.6.